The van der Waals surface area contributed by atoms with E-state index in [9.17, 15) is 9.90 Å². The standard InChI is InChI=1S/C15H18N4O2/c1-3-11-13-14(19(2)18-11)16-12(15(21)17-13)8-9-4-6-10(20)7-5-9/h4-7,12,16,20H,3,8H2,1-2H3,(H,17,21). The second-order valence-electron chi connectivity index (χ2n) is 5.20. The Hall–Kier alpha value is -2.50. The fraction of sp³-hybridized carbons (Fsp3) is 0.333. The van der Waals surface area contributed by atoms with Crippen LogP contribution in [0.15, 0.2) is 24.3 Å². The predicted octanol–water partition coefficient (Wildman–Crippen LogP) is 1.66. The molecular formula is C15H18N4O2. The van der Waals surface area contributed by atoms with Crippen LogP contribution >= 0.6 is 0 Å². The van der Waals surface area contributed by atoms with E-state index >= 15 is 0 Å². The first-order valence-corrected chi connectivity index (χ1v) is 6.99. The third-order valence-corrected chi connectivity index (χ3v) is 3.71. The fourth-order valence-corrected chi connectivity index (χ4v) is 2.58. The molecule has 0 aliphatic carbocycles. The van der Waals surface area contributed by atoms with Crippen molar-refractivity contribution in [1.82, 2.24) is 9.78 Å². The van der Waals surface area contributed by atoms with Gasteiger partial charge >= 0.3 is 0 Å². The first-order valence-electron chi connectivity index (χ1n) is 6.99. The van der Waals surface area contributed by atoms with Gasteiger partial charge in [-0.15, -0.1) is 0 Å². The summed E-state index contributed by atoms with van der Waals surface area (Å²) in [5.41, 5.74) is 2.66. The van der Waals surface area contributed by atoms with Gasteiger partial charge in [0, 0.05) is 13.5 Å². The number of hydrogen-bond acceptors (Lipinski definition) is 4. The zero-order valence-electron chi connectivity index (χ0n) is 12.1. The van der Waals surface area contributed by atoms with Gasteiger partial charge in [-0.3, -0.25) is 9.48 Å². The Balaban J connectivity index is 1.84. The van der Waals surface area contributed by atoms with Crippen molar-refractivity contribution in [2.75, 3.05) is 10.6 Å². The molecule has 0 bridgehead atoms. The van der Waals surface area contributed by atoms with Crippen LogP contribution in [0.3, 0.4) is 0 Å². The van der Waals surface area contributed by atoms with Crippen LogP contribution in [0.2, 0.25) is 0 Å². The number of nitrogens with one attached hydrogen (secondary N) is 2. The van der Waals surface area contributed by atoms with Gasteiger partial charge in [-0.1, -0.05) is 19.1 Å². The van der Waals surface area contributed by atoms with Crippen LogP contribution < -0.4 is 10.6 Å². The van der Waals surface area contributed by atoms with E-state index < -0.39 is 0 Å². The molecule has 1 aromatic heterocycles. The summed E-state index contributed by atoms with van der Waals surface area (Å²) >= 11 is 0. The topological polar surface area (TPSA) is 79.2 Å². The van der Waals surface area contributed by atoms with E-state index in [4.69, 9.17) is 0 Å². The molecule has 1 aliphatic rings. The molecule has 0 saturated carbocycles. The third-order valence-electron chi connectivity index (χ3n) is 3.71. The molecule has 0 fully saturated rings. The number of amides is 1. The first-order chi connectivity index (χ1) is 10.1. The van der Waals surface area contributed by atoms with E-state index in [2.05, 4.69) is 15.7 Å². The summed E-state index contributed by atoms with van der Waals surface area (Å²) < 4.78 is 1.76. The number of hydrogen-bond donors (Lipinski definition) is 3. The predicted molar refractivity (Wildman–Crippen MR) is 80.4 cm³/mol. The van der Waals surface area contributed by atoms with Crippen molar-refractivity contribution in [3.8, 4) is 5.75 Å². The van der Waals surface area contributed by atoms with Gasteiger partial charge in [0.2, 0.25) is 5.91 Å². The van der Waals surface area contributed by atoms with E-state index in [1.54, 1.807) is 16.8 Å². The molecule has 2 heterocycles. The summed E-state index contributed by atoms with van der Waals surface area (Å²) in [5.74, 6) is 1.01. The number of aromatic hydroxyl groups is 1. The molecule has 0 saturated heterocycles. The molecular weight excluding hydrogens is 268 g/mol. The van der Waals surface area contributed by atoms with E-state index in [0.29, 0.717) is 6.42 Å². The zero-order valence-corrected chi connectivity index (χ0v) is 12.1. The smallest absolute Gasteiger partial charge is 0.247 e. The summed E-state index contributed by atoms with van der Waals surface area (Å²) in [6.45, 7) is 2.01. The molecule has 6 heteroatoms. The zero-order chi connectivity index (χ0) is 15.0. The molecule has 3 rings (SSSR count). The number of aryl methyl sites for hydroxylation is 2. The van der Waals surface area contributed by atoms with Gasteiger partial charge in [0.05, 0.1) is 5.69 Å². The van der Waals surface area contributed by atoms with E-state index in [-0.39, 0.29) is 17.7 Å². The Kier molecular flexibility index (Phi) is 3.29. The molecule has 110 valence electrons. The van der Waals surface area contributed by atoms with Gasteiger partial charge in [-0.25, -0.2) is 0 Å². The van der Waals surface area contributed by atoms with Crippen LogP contribution in [0.5, 0.6) is 5.75 Å². The van der Waals surface area contributed by atoms with E-state index in [0.717, 1.165) is 29.2 Å². The second kappa shape index (κ2) is 5.12. The number of carbonyl (C=O) groups is 1. The number of rotatable bonds is 3. The molecule has 2 aromatic rings. The van der Waals surface area contributed by atoms with E-state index in [1.165, 1.54) is 0 Å². The normalized spacial score (nSPS) is 17.0. The first kappa shape index (κ1) is 13.5. The number of aromatic nitrogens is 2. The quantitative estimate of drug-likeness (QED) is 0.802. The van der Waals surface area contributed by atoms with Crippen LogP contribution in [0.4, 0.5) is 11.5 Å². The average Bonchev–Trinajstić information content (AvgIpc) is 2.78. The van der Waals surface area contributed by atoms with Crippen molar-refractivity contribution < 1.29 is 9.90 Å². The Morgan fingerprint density at radius 2 is 2.05 bits per heavy atom. The fourth-order valence-electron chi connectivity index (χ4n) is 2.58. The van der Waals surface area contributed by atoms with Gasteiger partial charge in [0.1, 0.15) is 23.3 Å². The highest BCUT2D eigenvalue weighted by molar-refractivity contribution is 6.03. The van der Waals surface area contributed by atoms with Gasteiger partial charge in [-0.2, -0.15) is 5.10 Å². The summed E-state index contributed by atoms with van der Waals surface area (Å²) in [6, 6.07) is 6.55. The van der Waals surface area contributed by atoms with Crippen molar-refractivity contribution in [3.63, 3.8) is 0 Å². The SMILES string of the molecule is CCc1nn(C)c2c1NC(=O)C(Cc1ccc(O)cc1)N2. The molecule has 1 aromatic carbocycles. The lowest BCUT2D eigenvalue weighted by atomic mass is 10.0. The highest BCUT2D eigenvalue weighted by Gasteiger charge is 2.30. The number of phenols is 1. The lowest BCUT2D eigenvalue weighted by molar-refractivity contribution is -0.117. The van der Waals surface area contributed by atoms with Crippen molar-refractivity contribution in [3.05, 3.63) is 35.5 Å². The summed E-state index contributed by atoms with van der Waals surface area (Å²) in [7, 11) is 1.86. The molecule has 0 radical (unpaired) electrons. The van der Waals surface area contributed by atoms with Crippen LogP contribution in [0.1, 0.15) is 18.2 Å². The summed E-state index contributed by atoms with van der Waals surface area (Å²) in [5, 5.41) is 19.9. The number of phenolic OH excluding ortho intramolecular Hbond substituents is 1. The average molecular weight is 286 g/mol. The van der Waals surface area contributed by atoms with Crippen LogP contribution in [-0.4, -0.2) is 26.8 Å². The molecule has 1 amide bonds. The van der Waals surface area contributed by atoms with Gasteiger partial charge in [0.15, 0.2) is 0 Å². The van der Waals surface area contributed by atoms with Gasteiger partial charge in [-0.05, 0) is 24.1 Å². The molecule has 0 spiro atoms. The van der Waals surface area contributed by atoms with Crippen LogP contribution in [0.25, 0.3) is 0 Å². The maximum atomic E-state index is 12.2. The van der Waals surface area contributed by atoms with Gasteiger partial charge < -0.3 is 15.7 Å². The third kappa shape index (κ3) is 2.44. The van der Waals surface area contributed by atoms with Crippen molar-refractivity contribution in [2.45, 2.75) is 25.8 Å². The second-order valence-corrected chi connectivity index (χ2v) is 5.20. The minimum Gasteiger partial charge on any atom is -0.508 e. The Morgan fingerprint density at radius 1 is 1.33 bits per heavy atom. The molecule has 21 heavy (non-hydrogen) atoms. The lowest BCUT2D eigenvalue weighted by Crippen LogP contribution is -2.40. The highest BCUT2D eigenvalue weighted by atomic mass is 16.3. The molecule has 6 nitrogen and oxygen atoms in total. The number of carbonyl (C=O) groups excluding carboxylic acids is 1. The van der Waals surface area contributed by atoms with Crippen LogP contribution in [-0.2, 0) is 24.7 Å². The Labute approximate surface area is 122 Å². The number of benzene rings is 1. The minimum atomic E-state index is -0.345. The van der Waals surface area contributed by atoms with E-state index in [1.807, 2.05) is 26.1 Å². The number of fused-ring (bicyclic) bond motifs is 1. The monoisotopic (exact) mass is 286 g/mol. The Morgan fingerprint density at radius 3 is 2.71 bits per heavy atom. The maximum Gasteiger partial charge on any atom is 0.247 e. The van der Waals surface area contributed by atoms with Crippen LogP contribution in [0, 0.1) is 0 Å². The van der Waals surface area contributed by atoms with Crippen molar-refractivity contribution in [2.24, 2.45) is 7.05 Å². The minimum absolute atomic E-state index is 0.0572. The maximum absolute atomic E-state index is 12.2. The summed E-state index contributed by atoms with van der Waals surface area (Å²) in [6.07, 6.45) is 1.33. The lowest BCUT2D eigenvalue weighted by Gasteiger charge is -2.25. The number of nitrogens with zero attached hydrogens (tertiary/aromatic N) is 2. The largest absolute Gasteiger partial charge is 0.508 e. The number of anilines is 2. The molecule has 1 aliphatic heterocycles. The van der Waals surface area contributed by atoms with Gasteiger partial charge in [0.25, 0.3) is 0 Å². The molecule has 1 atom stereocenters. The Bertz CT molecular complexity index is 676. The van der Waals surface area contributed by atoms with Crippen molar-refractivity contribution >= 4 is 17.4 Å². The summed E-state index contributed by atoms with van der Waals surface area (Å²) in [4.78, 5) is 12.2. The molecule has 1 unspecified atom stereocenters. The molecule has 3 N–H and O–H groups in total. The van der Waals surface area contributed by atoms with Crippen molar-refractivity contribution in [1.29, 1.82) is 0 Å². The highest BCUT2D eigenvalue weighted by Crippen LogP contribution is 2.31.